The minimum atomic E-state index is 0.919. The number of rotatable bonds is 1. The average molecular weight is 178 g/mol. The second-order valence-corrected chi connectivity index (χ2v) is 2.39. The predicted molar refractivity (Wildman–Crippen MR) is 58.8 cm³/mol. The smallest absolute Gasteiger partial charge is 0.129 e. The van der Waals surface area contributed by atoms with Gasteiger partial charge >= 0.3 is 0 Å². The molecule has 0 amide bonds. The SMILES string of the molecule is C=C/C=c1/c(C)co/c1=C/C.CC. The van der Waals surface area contributed by atoms with E-state index in [0.717, 1.165) is 16.2 Å². The van der Waals surface area contributed by atoms with Crippen molar-refractivity contribution in [2.45, 2.75) is 27.7 Å². The summed E-state index contributed by atoms with van der Waals surface area (Å²) in [6, 6.07) is 0. The molecule has 0 atom stereocenters. The van der Waals surface area contributed by atoms with Crippen LogP contribution in [-0.2, 0) is 0 Å². The maximum atomic E-state index is 5.26. The van der Waals surface area contributed by atoms with Crippen molar-refractivity contribution < 1.29 is 4.42 Å². The van der Waals surface area contributed by atoms with Crippen LogP contribution in [0.3, 0.4) is 0 Å². The summed E-state index contributed by atoms with van der Waals surface area (Å²) in [7, 11) is 0. The van der Waals surface area contributed by atoms with Gasteiger partial charge in [0.2, 0.25) is 0 Å². The molecule has 13 heavy (non-hydrogen) atoms. The van der Waals surface area contributed by atoms with Crippen LogP contribution < -0.4 is 10.6 Å². The minimum absolute atomic E-state index is 0.919. The summed E-state index contributed by atoms with van der Waals surface area (Å²) in [5.41, 5.74) is 2.07. The normalized spacial score (nSPS) is 12.3. The third-order valence-corrected chi connectivity index (χ3v) is 1.60. The average Bonchev–Trinajstić information content (AvgIpc) is 2.52. The summed E-state index contributed by atoms with van der Waals surface area (Å²) in [6.07, 6.45) is 7.42. The topological polar surface area (TPSA) is 13.1 Å². The summed E-state index contributed by atoms with van der Waals surface area (Å²) in [5.74, 6) is 0. The number of hydrogen-bond acceptors (Lipinski definition) is 1. The van der Waals surface area contributed by atoms with Crippen LogP contribution in [0.2, 0.25) is 0 Å². The summed E-state index contributed by atoms with van der Waals surface area (Å²) in [4.78, 5) is 0. The third kappa shape index (κ3) is 2.94. The minimum Gasteiger partial charge on any atom is -0.464 e. The van der Waals surface area contributed by atoms with Gasteiger partial charge in [-0.25, -0.2) is 0 Å². The number of aryl methyl sites for hydroxylation is 1. The van der Waals surface area contributed by atoms with E-state index in [1.54, 1.807) is 12.3 Å². The lowest BCUT2D eigenvalue weighted by Crippen LogP contribution is -2.20. The van der Waals surface area contributed by atoms with E-state index < -0.39 is 0 Å². The van der Waals surface area contributed by atoms with E-state index in [9.17, 15) is 0 Å². The molecule has 1 aromatic heterocycles. The number of allylic oxidation sites excluding steroid dienone is 1. The maximum Gasteiger partial charge on any atom is 0.129 e. The van der Waals surface area contributed by atoms with Gasteiger partial charge in [-0.2, -0.15) is 0 Å². The van der Waals surface area contributed by atoms with Crippen LogP contribution >= 0.6 is 0 Å². The Morgan fingerprint density at radius 1 is 1.38 bits per heavy atom. The molecule has 0 N–H and O–H groups in total. The number of furan rings is 1. The molecule has 72 valence electrons. The molecule has 1 heteroatoms. The first-order valence-electron chi connectivity index (χ1n) is 4.62. The first-order chi connectivity index (χ1) is 6.29. The van der Waals surface area contributed by atoms with E-state index in [1.165, 1.54) is 0 Å². The highest BCUT2D eigenvalue weighted by Crippen LogP contribution is 1.83. The molecule has 0 aliphatic rings. The van der Waals surface area contributed by atoms with Crippen LogP contribution in [0.4, 0.5) is 0 Å². The van der Waals surface area contributed by atoms with Crippen molar-refractivity contribution in [2.24, 2.45) is 0 Å². The quantitative estimate of drug-likeness (QED) is 0.643. The zero-order valence-corrected chi connectivity index (χ0v) is 8.92. The zero-order valence-electron chi connectivity index (χ0n) is 8.92. The Bertz CT molecular complexity index is 355. The maximum absolute atomic E-state index is 5.26. The van der Waals surface area contributed by atoms with E-state index in [2.05, 4.69) is 6.58 Å². The standard InChI is InChI=1S/C10H12O.C2H6/c1-4-6-9-8(3)7-11-10(9)5-2;1-2/h4-7H,1H2,2-3H3;1-2H3/b9-6-,10-5+;. The fourth-order valence-corrected chi connectivity index (χ4v) is 1.03. The highest BCUT2D eigenvalue weighted by Gasteiger charge is 1.91. The molecule has 1 nitrogen and oxygen atoms in total. The molecule has 0 unspecified atom stereocenters. The Hall–Kier alpha value is -1.24. The van der Waals surface area contributed by atoms with Gasteiger partial charge in [0.25, 0.3) is 0 Å². The van der Waals surface area contributed by atoms with E-state index in [1.807, 2.05) is 39.8 Å². The van der Waals surface area contributed by atoms with E-state index in [4.69, 9.17) is 4.42 Å². The Labute approximate surface area is 80.1 Å². The molecule has 0 fully saturated rings. The second-order valence-electron chi connectivity index (χ2n) is 2.39. The lowest BCUT2D eigenvalue weighted by molar-refractivity contribution is 0.529. The van der Waals surface area contributed by atoms with Gasteiger partial charge < -0.3 is 4.42 Å². The first-order valence-corrected chi connectivity index (χ1v) is 4.62. The van der Waals surface area contributed by atoms with E-state index in [0.29, 0.717) is 0 Å². The van der Waals surface area contributed by atoms with Crippen molar-refractivity contribution in [1.29, 1.82) is 0 Å². The van der Waals surface area contributed by atoms with Crippen molar-refractivity contribution in [3.8, 4) is 0 Å². The van der Waals surface area contributed by atoms with Gasteiger partial charge in [0.15, 0.2) is 0 Å². The fraction of sp³-hybridized carbons (Fsp3) is 0.333. The molecule has 1 aromatic rings. The van der Waals surface area contributed by atoms with Crippen molar-refractivity contribution in [3.05, 3.63) is 35.1 Å². The summed E-state index contributed by atoms with van der Waals surface area (Å²) >= 11 is 0. The highest BCUT2D eigenvalue weighted by atomic mass is 16.3. The molecule has 0 radical (unpaired) electrons. The molecule has 0 aromatic carbocycles. The van der Waals surface area contributed by atoms with Gasteiger partial charge in [0, 0.05) is 5.22 Å². The van der Waals surface area contributed by atoms with Crippen molar-refractivity contribution in [3.63, 3.8) is 0 Å². The molecule has 0 aliphatic heterocycles. The second kappa shape index (κ2) is 6.30. The van der Waals surface area contributed by atoms with Crippen LogP contribution in [-0.4, -0.2) is 0 Å². The largest absolute Gasteiger partial charge is 0.464 e. The summed E-state index contributed by atoms with van der Waals surface area (Å²) in [5, 5.41) is 1.13. The Morgan fingerprint density at radius 2 is 2.00 bits per heavy atom. The molecule has 1 rings (SSSR count). The molecule has 0 spiro atoms. The summed E-state index contributed by atoms with van der Waals surface area (Å²) in [6.45, 7) is 11.6. The monoisotopic (exact) mass is 178 g/mol. The number of hydrogen-bond donors (Lipinski definition) is 0. The molecular weight excluding hydrogens is 160 g/mol. The van der Waals surface area contributed by atoms with Gasteiger partial charge in [0.1, 0.15) is 5.42 Å². The highest BCUT2D eigenvalue weighted by molar-refractivity contribution is 5.38. The van der Waals surface area contributed by atoms with Crippen LogP contribution in [0.1, 0.15) is 26.3 Å². The van der Waals surface area contributed by atoms with Gasteiger partial charge in [0.05, 0.1) is 6.26 Å². The van der Waals surface area contributed by atoms with Crippen molar-refractivity contribution >= 4 is 12.2 Å². The predicted octanol–water partition coefficient (Wildman–Crippen LogP) is 2.38. The van der Waals surface area contributed by atoms with Crippen LogP contribution in [0.5, 0.6) is 0 Å². The summed E-state index contributed by atoms with van der Waals surface area (Å²) < 4.78 is 5.26. The van der Waals surface area contributed by atoms with Gasteiger partial charge in [-0.15, -0.1) is 0 Å². The van der Waals surface area contributed by atoms with Gasteiger partial charge in [-0.1, -0.05) is 32.6 Å². The molecule has 1 heterocycles. The Balaban J connectivity index is 0.000000671. The van der Waals surface area contributed by atoms with Crippen LogP contribution in [0.15, 0.2) is 23.3 Å². The van der Waals surface area contributed by atoms with Crippen molar-refractivity contribution in [2.75, 3.05) is 0 Å². The first kappa shape index (κ1) is 11.8. The Kier molecular flexibility index (Phi) is 5.69. The van der Waals surface area contributed by atoms with Crippen LogP contribution in [0.25, 0.3) is 12.2 Å². The lowest BCUT2D eigenvalue weighted by atomic mass is 10.2. The third-order valence-electron chi connectivity index (χ3n) is 1.60. The molecule has 0 aliphatic carbocycles. The zero-order chi connectivity index (χ0) is 10.3. The fourth-order valence-electron chi connectivity index (χ4n) is 1.03. The van der Waals surface area contributed by atoms with Gasteiger partial charge in [-0.3, -0.25) is 0 Å². The van der Waals surface area contributed by atoms with Gasteiger partial charge in [-0.05, 0) is 25.5 Å². The van der Waals surface area contributed by atoms with Crippen molar-refractivity contribution in [1.82, 2.24) is 0 Å². The lowest BCUT2D eigenvalue weighted by Gasteiger charge is -1.77. The molecular formula is C12H18O. The molecule has 0 saturated heterocycles. The van der Waals surface area contributed by atoms with Crippen LogP contribution in [0, 0.1) is 6.92 Å². The van der Waals surface area contributed by atoms with E-state index in [-0.39, 0.29) is 0 Å². The molecule has 0 saturated carbocycles. The Morgan fingerprint density at radius 3 is 2.46 bits per heavy atom. The molecule has 0 bridgehead atoms. The van der Waals surface area contributed by atoms with E-state index >= 15 is 0 Å².